The lowest BCUT2D eigenvalue weighted by atomic mass is 9.72. The van der Waals surface area contributed by atoms with Crippen molar-refractivity contribution >= 4 is 43.0 Å². The molecule has 2 unspecified atom stereocenters. The van der Waals surface area contributed by atoms with Crippen LogP contribution in [0.15, 0.2) is 65.6 Å². The third-order valence-corrected chi connectivity index (χ3v) is 8.30. The van der Waals surface area contributed by atoms with Gasteiger partial charge in [0.05, 0.1) is 4.90 Å². The monoisotopic (exact) mass is 466 g/mol. The molecule has 0 heterocycles. The minimum absolute atomic E-state index is 0.162. The fraction of sp³-hybridized carbons (Fsp3) is 0.259. The Labute approximate surface area is 192 Å². The lowest BCUT2D eigenvalue weighted by Gasteiger charge is -2.33. The number of sulfone groups is 1. The maximum absolute atomic E-state index is 14.7. The highest BCUT2D eigenvalue weighted by atomic mass is 35.5. The summed E-state index contributed by atoms with van der Waals surface area (Å²) < 4.78 is 40.5. The number of hydrogen-bond acceptors (Lipinski definition) is 2. The van der Waals surface area contributed by atoms with Crippen molar-refractivity contribution in [3.63, 3.8) is 0 Å². The largest absolute Gasteiger partial charge is 0.224 e. The number of benzene rings is 4. The maximum Gasteiger partial charge on any atom is 0.176 e. The van der Waals surface area contributed by atoms with Crippen LogP contribution in [0.3, 0.4) is 0 Å². The fourth-order valence-electron chi connectivity index (χ4n) is 5.36. The number of halogens is 2. The number of hydrogen-bond donors (Lipinski definition) is 0. The number of rotatable bonds is 3. The van der Waals surface area contributed by atoms with Crippen molar-refractivity contribution in [3.05, 3.63) is 88.2 Å². The molecular formula is C27H24ClFO2S. The summed E-state index contributed by atoms with van der Waals surface area (Å²) in [5, 5.41) is 3.35. The highest BCUT2D eigenvalue weighted by Crippen LogP contribution is 2.47. The molecule has 32 heavy (non-hydrogen) atoms. The minimum atomic E-state index is -3.57. The Balaban J connectivity index is 1.86. The molecule has 0 saturated carbocycles. The Morgan fingerprint density at radius 3 is 2.47 bits per heavy atom. The van der Waals surface area contributed by atoms with E-state index in [0.29, 0.717) is 10.4 Å². The second-order valence-electron chi connectivity index (χ2n) is 8.88. The molecule has 2 nitrogen and oxygen atoms in total. The van der Waals surface area contributed by atoms with Crippen LogP contribution in [0.25, 0.3) is 21.5 Å². The van der Waals surface area contributed by atoms with Crippen LogP contribution >= 0.6 is 11.6 Å². The molecule has 1 aliphatic rings. The first-order chi connectivity index (χ1) is 15.3. The molecule has 0 aromatic heterocycles. The van der Waals surface area contributed by atoms with Gasteiger partial charge in [0, 0.05) is 22.1 Å². The lowest BCUT2D eigenvalue weighted by Crippen LogP contribution is -2.17. The summed E-state index contributed by atoms with van der Waals surface area (Å²) in [6, 6.07) is 18.4. The third-order valence-electron chi connectivity index (χ3n) is 6.93. The van der Waals surface area contributed by atoms with Crippen LogP contribution in [0.2, 0.25) is 5.02 Å². The predicted octanol–water partition coefficient (Wildman–Crippen LogP) is 7.41. The van der Waals surface area contributed by atoms with E-state index in [9.17, 15) is 12.8 Å². The highest BCUT2D eigenvalue weighted by molar-refractivity contribution is 7.91. The number of fused-ring (bicyclic) bond motifs is 5. The molecule has 0 amide bonds. The first-order valence-corrected chi connectivity index (χ1v) is 13.1. The van der Waals surface area contributed by atoms with Gasteiger partial charge in [-0.2, -0.15) is 0 Å². The molecule has 0 saturated heterocycles. The minimum Gasteiger partial charge on any atom is -0.224 e. The third kappa shape index (κ3) is 3.50. The van der Waals surface area contributed by atoms with Gasteiger partial charge in [0.25, 0.3) is 0 Å². The van der Waals surface area contributed by atoms with Crippen LogP contribution in [-0.2, 0) is 16.3 Å². The van der Waals surface area contributed by atoms with Gasteiger partial charge in [-0.05, 0) is 82.8 Å². The second kappa shape index (κ2) is 7.86. The molecule has 5 heteroatoms. The smallest absolute Gasteiger partial charge is 0.176 e. The van der Waals surface area contributed by atoms with Crippen molar-refractivity contribution in [3.8, 4) is 0 Å². The van der Waals surface area contributed by atoms with Crippen molar-refractivity contribution < 1.29 is 12.8 Å². The molecule has 0 fully saturated rings. The topological polar surface area (TPSA) is 34.1 Å². The lowest BCUT2D eigenvalue weighted by molar-refractivity contribution is 0.491. The molecule has 0 N–H and O–H groups in total. The van der Waals surface area contributed by atoms with E-state index in [0.717, 1.165) is 41.0 Å². The molecule has 4 aromatic rings. The van der Waals surface area contributed by atoms with E-state index in [1.54, 1.807) is 6.07 Å². The van der Waals surface area contributed by atoms with Gasteiger partial charge in [-0.25, -0.2) is 12.8 Å². The summed E-state index contributed by atoms with van der Waals surface area (Å²) in [5.41, 5.74) is 3.47. The van der Waals surface area contributed by atoms with Crippen LogP contribution < -0.4 is 0 Å². The van der Waals surface area contributed by atoms with Gasteiger partial charge < -0.3 is 0 Å². The normalized spacial score (nSPS) is 17.4. The van der Waals surface area contributed by atoms with Crippen molar-refractivity contribution in [2.75, 3.05) is 6.26 Å². The van der Waals surface area contributed by atoms with Gasteiger partial charge in [0.15, 0.2) is 9.84 Å². The molecule has 1 aliphatic carbocycles. The standard InChI is InChI=1S/C27H24ClFO2S/c1-16(17-9-12-19(28)13-10-17)20-6-3-5-18-11-14-22-21-7-4-8-24(29)23(21)15-25(32(2,30)31)27(22)26(18)20/h4,7-16,20H,3,5-6H2,1-2H3. The molecule has 0 spiro atoms. The molecule has 5 rings (SSSR count). The Morgan fingerprint density at radius 1 is 1.00 bits per heavy atom. The van der Waals surface area contributed by atoms with E-state index in [4.69, 9.17) is 11.6 Å². The molecule has 0 bridgehead atoms. The van der Waals surface area contributed by atoms with E-state index < -0.39 is 15.7 Å². The first kappa shape index (κ1) is 21.4. The van der Waals surface area contributed by atoms with Crippen molar-refractivity contribution in [2.45, 2.75) is 42.9 Å². The van der Waals surface area contributed by atoms with Crippen molar-refractivity contribution in [1.82, 2.24) is 0 Å². The van der Waals surface area contributed by atoms with Gasteiger partial charge in [0.2, 0.25) is 0 Å². The zero-order chi connectivity index (χ0) is 22.6. The van der Waals surface area contributed by atoms with Crippen LogP contribution in [-0.4, -0.2) is 14.7 Å². The van der Waals surface area contributed by atoms with Gasteiger partial charge in [-0.15, -0.1) is 0 Å². The molecule has 164 valence electrons. The van der Waals surface area contributed by atoms with E-state index >= 15 is 0 Å². The summed E-state index contributed by atoms with van der Waals surface area (Å²) in [5.74, 6) is -0.0548. The van der Waals surface area contributed by atoms with Crippen LogP contribution in [0.4, 0.5) is 4.39 Å². The Kier molecular flexibility index (Phi) is 5.26. The SMILES string of the molecule is CC(c1ccc(Cl)cc1)C1CCCc2ccc3c(c(S(C)(=O)=O)cc4c(F)cccc43)c21. The van der Waals surface area contributed by atoms with Gasteiger partial charge in [0.1, 0.15) is 5.82 Å². The number of aryl methyl sites for hydroxylation is 1. The second-order valence-corrected chi connectivity index (χ2v) is 11.3. The molecule has 0 aliphatic heterocycles. The maximum atomic E-state index is 14.7. The van der Waals surface area contributed by atoms with Crippen LogP contribution in [0.1, 0.15) is 48.3 Å². The van der Waals surface area contributed by atoms with Gasteiger partial charge in [-0.1, -0.05) is 54.9 Å². The van der Waals surface area contributed by atoms with E-state index in [2.05, 4.69) is 25.1 Å². The molecule has 4 aromatic carbocycles. The van der Waals surface area contributed by atoms with Gasteiger partial charge >= 0.3 is 0 Å². The first-order valence-electron chi connectivity index (χ1n) is 10.9. The van der Waals surface area contributed by atoms with Crippen molar-refractivity contribution in [2.24, 2.45) is 0 Å². The Hall–Kier alpha value is -2.43. The summed E-state index contributed by atoms with van der Waals surface area (Å²) in [4.78, 5) is 0.220. The van der Waals surface area contributed by atoms with E-state index in [1.807, 2.05) is 24.3 Å². The Bertz CT molecular complexity index is 1460. The van der Waals surface area contributed by atoms with E-state index in [-0.39, 0.29) is 16.7 Å². The molecule has 0 radical (unpaired) electrons. The fourth-order valence-corrected chi connectivity index (χ4v) is 6.41. The summed E-state index contributed by atoms with van der Waals surface area (Å²) in [7, 11) is -3.57. The quantitative estimate of drug-likeness (QED) is 0.294. The van der Waals surface area contributed by atoms with Gasteiger partial charge in [-0.3, -0.25) is 0 Å². The van der Waals surface area contributed by atoms with E-state index in [1.165, 1.54) is 29.5 Å². The molecular weight excluding hydrogens is 443 g/mol. The predicted molar refractivity (Wildman–Crippen MR) is 130 cm³/mol. The highest BCUT2D eigenvalue weighted by Gasteiger charge is 2.31. The summed E-state index contributed by atoms with van der Waals surface area (Å²) in [6.07, 6.45) is 4.16. The average Bonchev–Trinajstić information content (AvgIpc) is 2.77. The summed E-state index contributed by atoms with van der Waals surface area (Å²) >= 11 is 6.10. The van der Waals surface area contributed by atoms with Crippen LogP contribution in [0.5, 0.6) is 0 Å². The van der Waals surface area contributed by atoms with Crippen LogP contribution in [0, 0.1) is 5.82 Å². The van der Waals surface area contributed by atoms with Crippen molar-refractivity contribution in [1.29, 1.82) is 0 Å². The summed E-state index contributed by atoms with van der Waals surface area (Å²) in [6.45, 7) is 2.20. The zero-order valence-corrected chi connectivity index (χ0v) is 19.6. The Morgan fingerprint density at radius 2 is 1.75 bits per heavy atom. The zero-order valence-electron chi connectivity index (χ0n) is 18.0. The molecule has 2 atom stereocenters. The average molecular weight is 467 g/mol.